The second-order valence-corrected chi connectivity index (χ2v) is 12.1. The molecule has 2 aromatic rings. The number of anilines is 2. The Balaban J connectivity index is 1.81. The molecule has 7 N–H and O–H groups in total. The number of aliphatic hydroxyl groups is 1. The number of phosphoric acid groups is 3. The molecular weight excluding hydrogens is 544 g/mol. The molecule has 1 aliphatic heterocycles. The summed E-state index contributed by atoms with van der Waals surface area (Å²) < 4.78 is 67.8. The van der Waals surface area contributed by atoms with Crippen molar-refractivity contribution < 1.29 is 60.6 Å². The molecule has 3 heterocycles. The van der Waals surface area contributed by atoms with Gasteiger partial charge >= 0.3 is 23.5 Å². The van der Waals surface area contributed by atoms with E-state index in [1.165, 1.54) is 0 Å². The van der Waals surface area contributed by atoms with Gasteiger partial charge in [0.05, 0.1) is 12.9 Å². The molecule has 0 saturated carbocycles. The van der Waals surface area contributed by atoms with Gasteiger partial charge in [0.1, 0.15) is 12.2 Å². The van der Waals surface area contributed by atoms with Crippen molar-refractivity contribution in [1.82, 2.24) is 19.5 Å². The average Bonchev–Trinajstić information content (AvgIpc) is 3.15. The van der Waals surface area contributed by atoms with Gasteiger partial charge < -0.3 is 40.1 Å². The third-order valence-electron chi connectivity index (χ3n) is 4.63. The minimum absolute atomic E-state index is 0.0517. The van der Waals surface area contributed by atoms with Crippen LogP contribution in [-0.4, -0.2) is 82.8 Å². The van der Waals surface area contributed by atoms with Crippen LogP contribution in [0.25, 0.3) is 11.2 Å². The number of hydrogen-bond acceptors (Lipinski definition) is 13. The summed E-state index contributed by atoms with van der Waals surface area (Å²) in [7, 11) is -13.5. The molecular formula is C13H22FN6O12P3. The zero-order valence-electron chi connectivity index (χ0n) is 18.1. The SMILES string of the molecule is CN(C)c1nc(N)nc2c1ncn2[C@@H]1O[C@H](COP(=O)(O)OP(=O)(O)OP(=O)(O)O)[C@@H](O)[C@@]1(C)F. The Morgan fingerprint density at radius 2 is 1.83 bits per heavy atom. The van der Waals surface area contributed by atoms with Crippen LogP contribution in [-0.2, 0) is 31.6 Å². The molecule has 2 aromatic heterocycles. The number of imidazole rings is 1. The number of fused-ring (bicyclic) bond motifs is 1. The molecule has 0 radical (unpaired) electrons. The Morgan fingerprint density at radius 3 is 2.40 bits per heavy atom. The molecule has 3 rings (SSSR count). The maximum absolute atomic E-state index is 15.5. The first-order chi connectivity index (χ1) is 15.8. The largest absolute Gasteiger partial charge is 0.490 e. The fraction of sp³-hybridized carbons (Fsp3) is 0.615. The van der Waals surface area contributed by atoms with Crippen LogP contribution in [0.15, 0.2) is 6.33 Å². The van der Waals surface area contributed by atoms with Crippen LogP contribution in [0.2, 0.25) is 0 Å². The van der Waals surface area contributed by atoms with Crippen molar-refractivity contribution in [2.24, 2.45) is 0 Å². The number of ether oxygens (including phenoxy) is 1. The van der Waals surface area contributed by atoms with Gasteiger partial charge in [-0.3, -0.25) is 9.09 Å². The van der Waals surface area contributed by atoms with Crippen LogP contribution in [0.5, 0.6) is 0 Å². The molecule has 35 heavy (non-hydrogen) atoms. The maximum Gasteiger partial charge on any atom is 0.490 e. The molecule has 0 aromatic carbocycles. The van der Waals surface area contributed by atoms with Crippen molar-refractivity contribution >= 4 is 46.4 Å². The summed E-state index contributed by atoms with van der Waals surface area (Å²) >= 11 is 0. The number of hydrogen-bond donors (Lipinski definition) is 6. The van der Waals surface area contributed by atoms with Gasteiger partial charge in [0.2, 0.25) is 5.95 Å². The molecule has 1 fully saturated rings. The Kier molecular flexibility index (Phi) is 7.49. The zero-order chi connectivity index (χ0) is 26.6. The lowest BCUT2D eigenvalue weighted by Crippen LogP contribution is -2.40. The van der Waals surface area contributed by atoms with Gasteiger partial charge in [-0.05, 0) is 6.92 Å². The number of phosphoric ester groups is 1. The van der Waals surface area contributed by atoms with Gasteiger partial charge in [-0.15, -0.1) is 0 Å². The van der Waals surface area contributed by atoms with Crippen molar-refractivity contribution in [2.45, 2.75) is 31.0 Å². The number of nitrogen functional groups attached to an aromatic ring is 1. The minimum Gasteiger partial charge on any atom is -0.387 e. The Morgan fingerprint density at radius 1 is 1.20 bits per heavy atom. The molecule has 0 amide bonds. The van der Waals surface area contributed by atoms with E-state index in [0.29, 0.717) is 5.82 Å². The number of rotatable bonds is 9. The molecule has 1 saturated heterocycles. The van der Waals surface area contributed by atoms with Gasteiger partial charge in [-0.1, -0.05) is 0 Å². The lowest BCUT2D eigenvalue weighted by atomic mass is 9.98. The standard InChI is InChI=1S/C13H22FN6O12P3/c1-13(14)8(21)6(4-29-34(25,26)32-35(27,28)31-33(22,23)24)30-11(13)20-5-16-7-9(19(2)3)17-12(15)18-10(7)20/h5-6,8,11,21H,4H2,1-3H3,(H,25,26)(H,27,28)(H2,15,17,18)(H2,22,23,24)/t6-,8-,11-,13-/m1/s1. The van der Waals surface area contributed by atoms with Crippen molar-refractivity contribution in [3.05, 3.63) is 6.33 Å². The van der Waals surface area contributed by atoms with Crippen molar-refractivity contribution in [3.8, 4) is 0 Å². The van der Waals surface area contributed by atoms with E-state index in [1.807, 2.05) is 0 Å². The van der Waals surface area contributed by atoms with E-state index < -0.39 is 54.2 Å². The second-order valence-electron chi connectivity index (χ2n) is 7.63. The highest BCUT2D eigenvalue weighted by molar-refractivity contribution is 7.66. The first kappa shape index (κ1) is 28.0. The Bertz CT molecular complexity index is 1250. The molecule has 18 nitrogen and oxygen atoms in total. The molecule has 0 aliphatic carbocycles. The number of nitrogens with two attached hydrogens (primary N) is 1. The van der Waals surface area contributed by atoms with Crippen LogP contribution in [0.1, 0.15) is 13.2 Å². The maximum atomic E-state index is 15.5. The van der Waals surface area contributed by atoms with Crippen LogP contribution >= 0.6 is 23.5 Å². The third-order valence-corrected chi connectivity index (χ3v) is 8.43. The monoisotopic (exact) mass is 566 g/mol. The van der Waals surface area contributed by atoms with E-state index in [-0.39, 0.29) is 17.1 Å². The quantitative estimate of drug-likeness (QED) is 0.215. The lowest BCUT2D eigenvalue weighted by Gasteiger charge is -2.24. The summed E-state index contributed by atoms with van der Waals surface area (Å²) in [6.07, 6.45) is -4.04. The third kappa shape index (κ3) is 6.22. The lowest BCUT2D eigenvalue weighted by molar-refractivity contribution is -0.0560. The number of nitrogens with zero attached hydrogens (tertiary/aromatic N) is 5. The number of alkyl halides is 1. The fourth-order valence-corrected chi connectivity index (χ4v) is 6.25. The molecule has 0 bridgehead atoms. The van der Waals surface area contributed by atoms with Gasteiger partial charge in [0.15, 0.2) is 28.9 Å². The fourth-order valence-electron chi connectivity index (χ4n) is 3.22. The Hall–Kier alpha value is -1.59. The second kappa shape index (κ2) is 9.37. The summed E-state index contributed by atoms with van der Waals surface area (Å²) in [5.74, 6) is 0.154. The highest BCUT2D eigenvalue weighted by Crippen LogP contribution is 2.66. The first-order valence-electron chi connectivity index (χ1n) is 9.31. The highest BCUT2D eigenvalue weighted by Gasteiger charge is 2.56. The van der Waals surface area contributed by atoms with E-state index in [2.05, 4.69) is 28.1 Å². The number of aromatic nitrogens is 4. The number of halogens is 1. The predicted molar refractivity (Wildman–Crippen MR) is 113 cm³/mol. The molecule has 1 aliphatic rings. The van der Waals surface area contributed by atoms with E-state index in [4.69, 9.17) is 20.3 Å². The molecule has 2 unspecified atom stereocenters. The predicted octanol–water partition coefficient (Wildman–Crippen LogP) is -0.196. The Labute approximate surface area is 195 Å². The van der Waals surface area contributed by atoms with Crippen LogP contribution in [0.4, 0.5) is 16.2 Å². The van der Waals surface area contributed by atoms with E-state index in [9.17, 15) is 28.6 Å². The minimum atomic E-state index is -5.76. The van der Waals surface area contributed by atoms with Crippen molar-refractivity contribution in [3.63, 3.8) is 0 Å². The van der Waals surface area contributed by atoms with Crippen LogP contribution < -0.4 is 10.6 Å². The van der Waals surface area contributed by atoms with Gasteiger partial charge in [0.25, 0.3) is 0 Å². The summed E-state index contributed by atoms with van der Waals surface area (Å²) in [4.78, 5) is 49.7. The summed E-state index contributed by atoms with van der Waals surface area (Å²) in [5, 5.41) is 10.4. The molecule has 6 atom stereocenters. The first-order valence-corrected chi connectivity index (χ1v) is 13.8. The summed E-state index contributed by atoms with van der Waals surface area (Å²) in [6.45, 7) is -0.0933. The van der Waals surface area contributed by atoms with Crippen molar-refractivity contribution in [2.75, 3.05) is 31.3 Å². The molecule has 198 valence electrons. The van der Waals surface area contributed by atoms with Crippen LogP contribution in [0, 0.1) is 0 Å². The summed E-state index contributed by atoms with van der Waals surface area (Å²) in [5.41, 5.74) is 3.46. The smallest absolute Gasteiger partial charge is 0.387 e. The van der Waals surface area contributed by atoms with E-state index in [0.717, 1.165) is 17.8 Å². The van der Waals surface area contributed by atoms with E-state index in [1.54, 1.807) is 19.0 Å². The van der Waals surface area contributed by atoms with Crippen molar-refractivity contribution in [1.29, 1.82) is 0 Å². The van der Waals surface area contributed by atoms with Gasteiger partial charge in [-0.25, -0.2) is 23.1 Å². The van der Waals surface area contributed by atoms with Crippen LogP contribution in [0.3, 0.4) is 0 Å². The molecule has 0 spiro atoms. The highest BCUT2D eigenvalue weighted by atomic mass is 31.3. The average molecular weight is 566 g/mol. The normalized spacial score (nSPS) is 28.7. The summed E-state index contributed by atoms with van der Waals surface area (Å²) in [6, 6.07) is 0. The molecule has 22 heteroatoms. The zero-order valence-corrected chi connectivity index (χ0v) is 20.8. The van der Waals surface area contributed by atoms with E-state index >= 15 is 4.39 Å². The van der Waals surface area contributed by atoms with Gasteiger partial charge in [0, 0.05) is 14.1 Å². The van der Waals surface area contributed by atoms with Gasteiger partial charge in [-0.2, -0.15) is 18.6 Å². The number of aliphatic hydroxyl groups excluding tert-OH is 1. The topological polar surface area (TPSA) is 262 Å².